The SMILES string of the molecule is O=C(Nc1cnccn1)[C@H]1CCCCO1. The second-order valence-corrected chi connectivity index (χ2v) is 3.44. The van der Waals surface area contributed by atoms with Crippen molar-refractivity contribution in [2.75, 3.05) is 11.9 Å². The molecule has 1 N–H and O–H groups in total. The van der Waals surface area contributed by atoms with Crippen LogP contribution >= 0.6 is 0 Å². The highest BCUT2D eigenvalue weighted by Gasteiger charge is 2.21. The Labute approximate surface area is 87.9 Å². The largest absolute Gasteiger partial charge is 0.368 e. The Morgan fingerprint density at radius 3 is 3.07 bits per heavy atom. The topological polar surface area (TPSA) is 64.1 Å². The molecule has 80 valence electrons. The first-order valence-electron chi connectivity index (χ1n) is 5.05. The van der Waals surface area contributed by atoms with E-state index < -0.39 is 0 Å². The van der Waals surface area contributed by atoms with E-state index in [4.69, 9.17) is 4.74 Å². The Balaban J connectivity index is 1.91. The highest BCUT2D eigenvalue weighted by molar-refractivity contribution is 5.93. The molecule has 1 fully saturated rings. The van der Waals surface area contributed by atoms with Gasteiger partial charge in [0.05, 0.1) is 6.20 Å². The number of aromatic nitrogens is 2. The van der Waals surface area contributed by atoms with Gasteiger partial charge < -0.3 is 10.1 Å². The van der Waals surface area contributed by atoms with Gasteiger partial charge in [0.15, 0.2) is 5.82 Å². The van der Waals surface area contributed by atoms with Gasteiger partial charge in [-0.2, -0.15) is 0 Å². The highest BCUT2D eigenvalue weighted by Crippen LogP contribution is 2.14. The van der Waals surface area contributed by atoms with Gasteiger partial charge in [-0.15, -0.1) is 0 Å². The molecule has 1 saturated heterocycles. The smallest absolute Gasteiger partial charge is 0.254 e. The number of hydrogen-bond donors (Lipinski definition) is 1. The standard InChI is InChI=1S/C10H13N3O2/c14-10(8-3-1-2-6-15-8)13-9-7-11-4-5-12-9/h4-5,7-8H,1-3,6H2,(H,12,13,14)/t8-/m1/s1. The van der Waals surface area contributed by atoms with Crippen molar-refractivity contribution in [3.05, 3.63) is 18.6 Å². The van der Waals surface area contributed by atoms with Gasteiger partial charge in [-0.3, -0.25) is 9.78 Å². The number of nitrogens with one attached hydrogen (secondary N) is 1. The second-order valence-electron chi connectivity index (χ2n) is 3.44. The van der Waals surface area contributed by atoms with Crippen LogP contribution in [0.2, 0.25) is 0 Å². The average molecular weight is 207 g/mol. The quantitative estimate of drug-likeness (QED) is 0.785. The fourth-order valence-electron chi connectivity index (χ4n) is 1.52. The normalized spacial score (nSPS) is 20.9. The lowest BCUT2D eigenvalue weighted by Gasteiger charge is -2.21. The van der Waals surface area contributed by atoms with Crippen LogP contribution in [0.15, 0.2) is 18.6 Å². The van der Waals surface area contributed by atoms with Crippen molar-refractivity contribution in [2.45, 2.75) is 25.4 Å². The molecule has 0 spiro atoms. The fraction of sp³-hybridized carbons (Fsp3) is 0.500. The molecule has 2 heterocycles. The summed E-state index contributed by atoms with van der Waals surface area (Å²) in [6.45, 7) is 0.665. The molecule has 0 aromatic carbocycles. The lowest BCUT2D eigenvalue weighted by atomic mass is 10.1. The number of nitrogens with zero attached hydrogens (tertiary/aromatic N) is 2. The van der Waals surface area contributed by atoms with Gasteiger partial charge in [0.25, 0.3) is 5.91 Å². The molecular formula is C10H13N3O2. The van der Waals surface area contributed by atoms with Crippen molar-refractivity contribution in [3.63, 3.8) is 0 Å². The van der Waals surface area contributed by atoms with Crippen molar-refractivity contribution >= 4 is 11.7 Å². The maximum atomic E-state index is 11.7. The van der Waals surface area contributed by atoms with Crippen LogP contribution < -0.4 is 5.32 Å². The number of rotatable bonds is 2. The molecule has 15 heavy (non-hydrogen) atoms. The van der Waals surface area contributed by atoms with Gasteiger partial charge in [0, 0.05) is 19.0 Å². The van der Waals surface area contributed by atoms with E-state index in [0.717, 1.165) is 19.3 Å². The van der Waals surface area contributed by atoms with Gasteiger partial charge in [-0.05, 0) is 19.3 Å². The predicted molar refractivity (Wildman–Crippen MR) is 54.3 cm³/mol. The monoisotopic (exact) mass is 207 g/mol. The molecule has 0 radical (unpaired) electrons. The second kappa shape index (κ2) is 4.84. The van der Waals surface area contributed by atoms with Crippen molar-refractivity contribution in [1.82, 2.24) is 9.97 Å². The van der Waals surface area contributed by atoms with E-state index in [-0.39, 0.29) is 12.0 Å². The summed E-state index contributed by atoms with van der Waals surface area (Å²) in [4.78, 5) is 19.5. The van der Waals surface area contributed by atoms with Crippen molar-refractivity contribution in [2.24, 2.45) is 0 Å². The minimum atomic E-state index is -0.333. The molecule has 1 aromatic heterocycles. The van der Waals surface area contributed by atoms with Crippen LogP contribution in [-0.2, 0) is 9.53 Å². The molecule has 1 amide bonds. The molecular weight excluding hydrogens is 194 g/mol. The van der Waals surface area contributed by atoms with Gasteiger partial charge in [0.2, 0.25) is 0 Å². The summed E-state index contributed by atoms with van der Waals surface area (Å²) in [5.74, 6) is 0.340. The maximum Gasteiger partial charge on any atom is 0.254 e. The molecule has 1 aliphatic heterocycles. The lowest BCUT2D eigenvalue weighted by Crippen LogP contribution is -2.33. The number of amides is 1. The van der Waals surface area contributed by atoms with Crippen LogP contribution in [0.25, 0.3) is 0 Å². The predicted octanol–water partition coefficient (Wildman–Crippen LogP) is 0.984. The first-order chi connectivity index (χ1) is 7.36. The molecule has 5 heteroatoms. The number of ether oxygens (including phenoxy) is 1. The third-order valence-electron chi connectivity index (χ3n) is 2.29. The van der Waals surface area contributed by atoms with Crippen molar-refractivity contribution < 1.29 is 9.53 Å². The lowest BCUT2D eigenvalue weighted by molar-refractivity contribution is -0.130. The molecule has 1 atom stereocenters. The zero-order valence-electron chi connectivity index (χ0n) is 8.35. The van der Waals surface area contributed by atoms with E-state index in [1.54, 1.807) is 6.20 Å². The molecule has 0 unspecified atom stereocenters. The van der Waals surface area contributed by atoms with Crippen LogP contribution in [0.4, 0.5) is 5.82 Å². The number of anilines is 1. The van der Waals surface area contributed by atoms with Crippen LogP contribution in [-0.4, -0.2) is 28.6 Å². The van der Waals surface area contributed by atoms with E-state index >= 15 is 0 Å². The van der Waals surface area contributed by atoms with Crippen molar-refractivity contribution in [1.29, 1.82) is 0 Å². The molecule has 0 bridgehead atoms. The zero-order valence-corrected chi connectivity index (χ0v) is 8.35. The van der Waals surface area contributed by atoms with Gasteiger partial charge in [-0.25, -0.2) is 4.98 Å². The van der Waals surface area contributed by atoms with E-state index in [9.17, 15) is 4.79 Å². The highest BCUT2D eigenvalue weighted by atomic mass is 16.5. The van der Waals surface area contributed by atoms with Crippen LogP contribution in [0.5, 0.6) is 0 Å². The summed E-state index contributed by atoms with van der Waals surface area (Å²) < 4.78 is 5.35. The maximum absolute atomic E-state index is 11.7. The Kier molecular flexibility index (Phi) is 3.24. The van der Waals surface area contributed by atoms with Crippen LogP contribution in [0.1, 0.15) is 19.3 Å². The minimum Gasteiger partial charge on any atom is -0.368 e. The zero-order chi connectivity index (χ0) is 10.5. The van der Waals surface area contributed by atoms with Gasteiger partial charge >= 0.3 is 0 Å². The minimum absolute atomic E-state index is 0.129. The van der Waals surface area contributed by atoms with Crippen LogP contribution in [0.3, 0.4) is 0 Å². The summed E-state index contributed by atoms with van der Waals surface area (Å²) in [5.41, 5.74) is 0. The Hall–Kier alpha value is -1.49. The Morgan fingerprint density at radius 2 is 2.40 bits per heavy atom. The summed E-state index contributed by atoms with van der Waals surface area (Å²) in [5, 5.41) is 2.67. The van der Waals surface area contributed by atoms with E-state index in [0.29, 0.717) is 12.4 Å². The fourth-order valence-corrected chi connectivity index (χ4v) is 1.52. The first kappa shape index (κ1) is 10.0. The molecule has 0 aliphatic carbocycles. The first-order valence-corrected chi connectivity index (χ1v) is 5.05. The third-order valence-corrected chi connectivity index (χ3v) is 2.29. The summed E-state index contributed by atoms with van der Waals surface area (Å²) >= 11 is 0. The van der Waals surface area contributed by atoms with Crippen molar-refractivity contribution in [3.8, 4) is 0 Å². The summed E-state index contributed by atoms with van der Waals surface area (Å²) in [6, 6.07) is 0. The van der Waals surface area contributed by atoms with E-state index in [1.807, 2.05) is 0 Å². The number of hydrogen-bond acceptors (Lipinski definition) is 4. The number of carbonyl (C=O) groups excluding carboxylic acids is 1. The number of carbonyl (C=O) groups is 1. The van der Waals surface area contributed by atoms with Crippen LogP contribution in [0, 0.1) is 0 Å². The van der Waals surface area contributed by atoms with Gasteiger partial charge in [-0.1, -0.05) is 0 Å². The summed E-state index contributed by atoms with van der Waals surface area (Å²) in [6.07, 6.45) is 7.14. The van der Waals surface area contributed by atoms with E-state index in [2.05, 4.69) is 15.3 Å². The molecule has 5 nitrogen and oxygen atoms in total. The molecule has 1 aliphatic rings. The third kappa shape index (κ3) is 2.73. The molecule has 2 rings (SSSR count). The Bertz CT molecular complexity index is 323. The average Bonchev–Trinajstić information content (AvgIpc) is 2.31. The van der Waals surface area contributed by atoms with E-state index in [1.165, 1.54) is 12.4 Å². The Morgan fingerprint density at radius 1 is 1.47 bits per heavy atom. The molecule has 0 saturated carbocycles. The summed E-state index contributed by atoms with van der Waals surface area (Å²) in [7, 11) is 0. The molecule has 1 aromatic rings. The van der Waals surface area contributed by atoms with Gasteiger partial charge in [0.1, 0.15) is 6.10 Å².